The van der Waals surface area contributed by atoms with E-state index in [-0.39, 0.29) is 0 Å². The van der Waals surface area contributed by atoms with E-state index in [9.17, 15) is 0 Å². The van der Waals surface area contributed by atoms with Gasteiger partial charge in [0.15, 0.2) is 0 Å². The fourth-order valence-electron chi connectivity index (χ4n) is 3.35. The van der Waals surface area contributed by atoms with Crippen LogP contribution in [-0.4, -0.2) is 14.2 Å². The zero-order chi connectivity index (χ0) is 12.6. The lowest BCUT2D eigenvalue weighted by Gasteiger charge is -2.02. The van der Waals surface area contributed by atoms with Crippen LogP contribution in [0.25, 0.3) is 38.8 Å². The van der Waals surface area contributed by atoms with Gasteiger partial charge < -0.3 is 4.57 Å². The molecule has 2 aromatic heterocycles. The highest BCUT2D eigenvalue weighted by Crippen LogP contribution is 2.49. The molecule has 0 N–H and O–H groups in total. The second-order valence-electron chi connectivity index (χ2n) is 5.10. The van der Waals surface area contributed by atoms with Gasteiger partial charge in [0.2, 0.25) is 0 Å². The maximum absolute atomic E-state index is 4.49. The van der Waals surface area contributed by atoms with Crippen LogP contribution in [-0.2, 0) is 7.05 Å². The normalized spacial score (nSPS) is 12.5. The zero-order valence-corrected chi connectivity index (χ0v) is 10.5. The summed E-state index contributed by atoms with van der Waals surface area (Å²) in [7, 11) is 2.05. The van der Waals surface area contributed by atoms with Crippen LogP contribution < -0.4 is 0 Å². The van der Waals surface area contributed by atoms with Crippen molar-refractivity contribution in [1.29, 1.82) is 0 Å². The SMILES string of the molecule is Cn1cnn2c3cccc4c3c(c12)-c1ccccc1-4. The third kappa shape index (κ3) is 0.909. The van der Waals surface area contributed by atoms with Gasteiger partial charge in [0, 0.05) is 18.0 Å². The number of benzene rings is 2. The molecule has 0 aliphatic heterocycles. The standard InChI is InChI=1S/C16H11N3/c1-18-9-17-19-13-8-4-7-11-10-5-2-3-6-12(10)15(14(11)13)16(18)19/h2-9H,1H3. The highest BCUT2D eigenvalue weighted by atomic mass is 15.3. The first kappa shape index (κ1) is 9.39. The van der Waals surface area contributed by atoms with Gasteiger partial charge in [-0.15, -0.1) is 0 Å². The lowest BCUT2D eigenvalue weighted by Crippen LogP contribution is -1.88. The Morgan fingerprint density at radius 3 is 2.58 bits per heavy atom. The number of aromatic nitrogens is 3. The van der Waals surface area contributed by atoms with E-state index in [1.807, 2.05) is 10.8 Å². The van der Waals surface area contributed by atoms with E-state index in [1.54, 1.807) is 0 Å². The van der Waals surface area contributed by atoms with Crippen molar-refractivity contribution in [3.8, 4) is 22.3 Å². The minimum Gasteiger partial charge on any atom is -0.318 e. The Kier molecular flexibility index (Phi) is 1.42. The second kappa shape index (κ2) is 2.88. The topological polar surface area (TPSA) is 22.2 Å². The van der Waals surface area contributed by atoms with E-state index in [0.29, 0.717) is 0 Å². The molecule has 0 atom stereocenters. The number of rotatable bonds is 0. The molecule has 3 nitrogen and oxygen atoms in total. The Morgan fingerprint density at radius 2 is 1.68 bits per heavy atom. The quantitative estimate of drug-likeness (QED) is 0.409. The van der Waals surface area contributed by atoms with Crippen LogP contribution in [0.2, 0.25) is 0 Å². The summed E-state index contributed by atoms with van der Waals surface area (Å²) in [5, 5.41) is 5.83. The molecule has 1 aliphatic carbocycles. The van der Waals surface area contributed by atoms with Crippen LogP contribution in [0.1, 0.15) is 0 Å². The minimum absolute atomic E-state index is 1.17. The van der Waals surface area contributed by atoms with Gasteiger partial charge in [-0.2, -0.15) is 5.10 Å². The summed E-state index contributed by atoms with van der Waals surface area (Å²) >= 11 is 0. The van der Waals surface area contributed by atoms with Crippen molar-refractivity contribution >= 4 is 16.6 Å². The van der Waals surface area contributed by atoms with Crippen LogP contribution in [0.3, 0.4) is 0 Å². The molecule has 4 aromatic rings. The number of fused-ring (bicyclic) bond motifs is 6. The molecule has 0 saturated carbocycles. The average Bonchev–Trinajstić information content (AvgIpc) is 3.07. The lowest BCUT2D eigenvalue weighted by atomic mass is 10.0. The fourth-order valence-corrected chi connectivity index (χ4v) is 3.35. The molecule has 0 radical (unpaired) electrons. The Hall–Kier alpha value is -2.55. The number of aryl methyl sites for hydroxylation is 1. The molecule has 0 bridgehead atoms. The lowest BCUT2D eigenvalue weighted by molar-refractivity contribution is 0.947. The zero-order valence-electron chi connectivity index (χ0n) is 10.5. The molecule has 2 aromatic carbocycles. The van der Waals surface area contributed by atoms with E-state index in [4.69, 9.17) is 0 Å². The Balaban J connectivity index is 2.18. The monoisotopic (exact) mass is 245 g/mol. The summed E-state index contributed by atoms with van der Waals surface area (Å²) in [6.07, 6.45) is 1.87. The Bertz CT molecular complexity index is 972. The second-order valence-corrected chi connectivity index (χ2v) is 5.10. The molecule has 1 aliphatic rings. The summed E-state index contributed by atoms with van der Waals surface area (Å²) in [6.45, 7) is 0. The van der Waals surface area contributed by atoms with E-state index in [0.717, 1.165) is 0 Å². The van der Waals surface area contributed by atoms with Gasteiger partial charge in [-0.1, -0.05) is 36.4 Å². The van der Waals surface area contributed by atoms with Crippen molar-refractivity contribution in [3.63, 3.8) is 0 Å². The fraction of sp³-hybridized carbons (Fsp3) is 0.0625. The molecule has 0 saturated heterocycles. The van der Waals surface area contributed by atoms with Crippen LogP contribution >= 0.6 is 0 Å². The summed E-state index contributed by atoms with van der Waals surface area (Å²) in [5.74, 6) is 0. The Morgan fingerprint density at radius 1 is 0.895 bits per heavy atom. The van der Waals surface area contributed by atoms with Crippen LogP contribution in [0, 0.1) is 0 Å². The molecule has 90 valence electrons. The van der Waals surface area contributed by atoms with Crippen LogP contribution in [0.15, 0.2) is 48.8 Å². The van der Waals surface area contributed by atoms with Gasteiger partial charge in [-0.05, 0) is 22.8 Å². The average molecular weight is 245 g/mol. The van der Waals surface area contributed by atoms with Crippen molar-refractivity contribution in [3.05, 3.63) is 48.8 Å². The van der Waals surface area contributed by atoms with Gasteiger partial charge >= 0.3 is 0 Å². The smallest absolute Gasteiger partial charge is 0.144 e. The van der Waals surface area contributed by atoms with E-state index < -0.39 is 0 Å². The van der Waals surface area contributed by atoms with Crippen molar-refractivity contribution in [2.45, 2.75) is 0 Å². The van der Waals surface area contributed by atoms with Crippen LogP contribution in [0.4, 0.5) is 0 Å². The summed E-state index contributed by atoms with van der Waals surface area (Å²) in [5.41, 5.74) is 7.67. The predicted octanol–water partition coefficient (Wildman–Crippen LogP) is 3.47. The molecule has 3 heteroatoms. The largest absolute Gasteiger partial charge is 0.318 e. The Labute approximate surface area is 109 Å². The van der Waals surface area contributed by atoms with Crippen molar-refractivity contribution < 1.29 is 0 Å². The van der Waals surface area contributed by atoms with Gasteiger partial charge in [-0.3, -0.25) is 0 Å². The van der Waals surface area contributed by atoms with Crippen molar-refractivity contribution in [2.24, 2.45) is 7.05 Å². The van der Waals surface area contributed by atoms with Gasteiger partial charge in [0.05, 0.1) is 5.52 Å². The van der Waals surface area contributed by atoms with Crippen molar-refractivity contribution in [1.82, 2.24) is 14.2 Å². The molecular weight excluding hydrogens is 234 g/mol. The molecule has 0 amide bonds. The third-order valence-electron chi connectivity index (χ3n) is 4.11. The molecule has 2 heterocycles. The number of nitrogens with zero attached hydrogens (tertiary/aromatic N) is 3. The summed E-state index contributed by atoms with van der Waals surface area (Å²) in [4.78, 5) is 0. The molecule has 0 unspecified atom stereocenters. The van der Waals surface area contributed by atoms with Crippen LogP contribution in [0.5, 0.6) is 0 Å². The number of hydrogen-bond donors (Lipinski definition) is 0. The number of hydrogen-bond acceptors (Lipinski definition) is 1. The molecule has 19 heavy (non-hydrogen) atoms. The molecular formula is C16H11N3. The van der Waals surface area contributed by atoms with Gasteiger partial charge in [-0.25, -0.2) is 4.52 Å². The van der Waals surface area contributed by atoms with Crippen molar-refractivity contribution in [2.75, 3.05) is 0 Å². The minimum atomic E-state index is 1.17. The maximum Gasteiger partial charge on any atom is 0.144 e. The van der Waals surface area contributed by atoms with E-state index in [2.05, 4.69) is 59.2 Å². The van der Waals surface area contributed by atoms with Gasteiger partial charge in [0.1, 0.15) is 12.0 Å². The molecule has 0 spiro atoms. The summed E-state index contributed by atoms with van der Waals surface area (Å²) < 4.78 is 4.14. The third-order valence-corrected chi connectivity index (χ3v) is 4.11. The van der Waals surface area contributed by atoms with Gasteiger partial charge in [0.25, 0.3) is 0 Å². The highest BCUT2D eigenvalue weighted by molar-refractivity contribution is 6.19. The maximum atomic E-state index is 4.49. The first-order valence-electron chi connectivity index (χ1n) is 6.41. The van der Waals surface area contributed by atoms with E-state index >= 15 is 0 Å². The van der Waals surface area contributed by atoms with E-state index in [1.165, 1.54) is 38.8 Å². The molecule has 5 rings (SSSR count). The first-order valence-corrected chi connectivity index (χ1v) is 6.41. The predicted molar refractivity (Wildman–Crippen MR) is 76.1 cm³/mol. The summed E-state index contributed by atoms with van der Waals surface area (Å²) in [6, 6.07) is 15.1. The molecule has 0 fully saturated rings. The first-order chi connectivity index (χ1) is 9.36. The highest BCUT2D eigenvalue weighted by Gasteiger charge is 2.27.